The Kier molecular flexibility index (Phi) is 8.13. The zero-order chi connectivity index (χ0) is 29.3. The highest BCUT2D eigenvalue weighted by Gasteiger charge is 2.50. The Hall–Kier alpha value is -3.65. The molecular formula is C28H29ClF3N5O3. The van der Waals surface area contributed by atoms with Crippen molar-refractivity contribution in [1.29, 1.82) is 5.26 Å². The van der Waals surface area contributed by atoms with Crippen molar-refractivity contribution in [2.45, 2.75) is 77.2 Å². The molecule has 12 heteroatoms. The number of benzene rings is 1. The number of alkyl carbamates (subject to hydrolysis) is 1. The lowest BCUT2D eigenvalue weighted by atomic mass is 9.91. The fraction of sp³-hybridized carbons (Fsp3) is 0.464. The Morgan fingerprint density at radius 3 is 2.55 bits per heavy atom. The SMILES string of the molecule is CC(C)(C)OC(=O)NC1CC=C(c2nc(-c3ccc(Cl)c(C(F)(F)F)c3)ncc2CNC(=O)C2(C#N)CC2)CC1. The number of nitrogens with one attached hydrogen (secondary N) is 2. The molecule has 4 rings (SSSR count). The van der Waals surface area contributed by atoms with E-state index in [1.807, 2.05) is 6.08 Å². The summed E-state index contributed by atoms with van der Waals surface area (Å²) in [6, 6.07) is 5.36. The summed E-state index contributed by atoms with van der Waals surface area (Å²) in [6.45, 7) is 5.37. The van der Waals surface area contributed by atoms with Gasteiger partial charge in [0.05, 0.1) is 22.3 Å². The van der Waals surface area contributed by atoms with Crippen LogP contribution in [0.2, 0.25) is 5.02 Å². The van der Waals surface area contributed by atoms with Gasteiger partial charge in [0.25, 0.3) is 0 Å². The van der Waals surface area contributed by atoms with Crippen molar-refractivity contribution < 1.29 is 27.5 Å². The maximum absolute atomic E-state index is 13.5. The molecule has 40 heavy (non-hydrogen) atoms. The van der Waals surface area contributed by atoms with E-state index in [9.17, 15) is 28.0 Å². The van der Waals surface area contributed by atoms with Crippen molar-refractivity contribution in [3.05, 3.63) is 52.3 Å². The van der Waals surface area contributed by atoms with Gasteiger partial charge in [-0.15, -0.1) is 0 Å². The Bertz CT molecular complexity index is 1390. The topological polar surface area (TPSA) is 117 Å². The third-order valence-electron chi connectivity index (χ3n) is 6.67. The van der Waals surface area contributed by atoms with Gasteiger partial charge in [-0.1, -0.05) is 17.7 Å². The Morgan fingerprint density at radius 1 is 1.25 bits per heavy atom. The number of carbonyl (C=O) groups is 2. The molecule has 8 nitrogen and oxygen atoms in total. The number of carbonyl (C=O) groups excluding carboxylic acids is 2. The summed E-state index contributed by atoms with van der Waals surface area (Å²) < 4.78 is 45.7. The van der Waals surface area contributed by atoms with Gasteiger partial charge in [-0.25, -0.2) is 14.8 Å². The molecule has 2 aliphatic rings. The second-order valence-electron chi connectivity index (χ2n) is 11.0. The lowest BCUT2D eigenvalue weighted by Gasteiger charge is -2.26. The molecule has 2 aromatic rings. The molecule has 1 aromatic heterocycles. The first kappa shape index (κ1) is 29.3. The number of nitriles is 1. The summed E-state index contributed by atoms with van der Waals surface area (Å²) in [4.78, 5) is 33.6. The number of allylic oxidation sites excluding steroid dienone is 1. The van der Waals surface area contributed by atoms with Gasteiger partial charge in [0.15, 0.2) is 5.82 Å². The fourth-order valence-electron chi connectivity index (χ4n) is 4.35. The minimum Gasteiger partial charge on any atom is -0.444 e. The van der Waals surface area contributed by atoms with E-state index in [1.54, 1.807) is 20.8 Å². The monoisotopic (exact) mass is 575 g/mol. The second-order valence-corrected chi connectivity index (χ2v) is 11.4. The number of ether oxygens (including phenoxy) is 1. The predicted molar refractivity (Wildman–Crippen MR) is 142 cm³/mol. The van der Waals surface area contributed by atoms with Crippen LogP contribution in [0.25, 0.3) is 17.0 Å². The summed E-state index contributed by atoms with van der Waals surface area (Å²) in [5.74, 6) is -0.311. The maximum Gasteiger partial charge on any atom is 0.417 e. The number of rotatable bonds is 6. The highest BCUT2D eigenvalue weighted by molar-refractivity contribution is 6.31. The number of amides is 2. The summed E-state index contributed by atoms with van der Waals surface area (Å²) in [5, 5.41) is 14.5. The molecule has 1 heterocycles. The molecule has 0 saturated heterocycles. The van der Waals surface area contributed by atoms with E-state index >= 15 is 0 Å². The van der Waals surface area contributed by atoms with Crippen LogP contribution in [0.5, 0.6) is 0 Å². The van der Waals surface area contributed by atoms with Crippen LogP contribution in [0.3, 0.4) is 0 Å². The molecular weight excluding hydrogens is 547 g/mol. The molecule has 1 aromatic carbocycles. The van der Waals surface area contributed by atoms with Gasteiger partial charge in [-0.3, -0.25) is 4.79 Å². The Morgan fingerprint density at radius 2 is 1.98 bits per heavy atom. The number of hydrogen-bond acceptors (Lipinski definition) is 6. The first-order valence-electron chi connectivity index (χ1n) is 12.8. The fourth-order valence-corrected chi connectivity index (χ4v) is 4.57. The van der Waals surface area contributed by atoms with E-state index in [0.717, 1.165) is 17.7 Å². The first-order valence-corrected chi connectivity index (χ1v) is 13.2. The first-order chi connectivity index (χ1) is 18.7. The van der Waals surface area contributed by atoms with Crippen LogP contribution in [-0.2, 0) is 22.3 Å². The molecule has 1 fully saturated rings. The van der Waals surface area contributed by atoms with Crippen molar-refractivity contribution >= 4 is 29.2 Å². The third kappa shape index (κ3) is 6.91. The van der Waals surface area contributed by atoms with Crippen molar-refractivity contribution in [1.82, 2.24) is 20.6 Å². The molecule has 1 atom stereocenters. The number of aromatic nitrogens is 2. The normalized spacial score (nSPS) is 18.2. The molecule has 1 unspecified atom stereocenters. The minimum atomic E-state index is -4.65. The standard InChI is InChI=1S/C28H29ClF3N5O3/c1-26(2,3)40-25(39)36-19-7-4-16(5-8-19)22-18(14-35-24(38)27(15-33)10-11-27)13-34-23(37-22)17-6-9-21(29)20(12-17)28(30,31)32/h4,6,9,12-13,19H,5,7-8,10-11,14H2,1-3H3,(H,35,38)(H,36,39). The van der Waals surface area contributed by atoms with Crippen LogP contribution in [0.15, 0.2) is 30.5 Å². The van der Waals surface area contributed by atoms with E-state index in [2.05, 4.69) is 26.7 Å². The van der Waals surface area contributed by atoms with Crippen molar-refractivity contribution in [2.75, 3.05) is 0 Å². The molecule has 2 N–H and O–H groups in total. The average Bonchev–Trinajstić information content (AvgIpc) is 3.68. The van der Waals surface area contributed by atoms with E-state index in [-0.39, 0.29) is 29.9 Å². The highest BCUT2D eigenvalue weighted by atomic mass is 35.5. The van der Waals surface area contributed by atoms with E-state index < -0.39 is 33.9 Å². The van der Waals surface area contributed by atoms with Crippen LogP contribution in [-0.4, -0.2) is 33.6 Å². The molecule has 1 saturated carbocycles. The van der Waals surface area contributed by atoms with Gasteiger partial charge in [-0.05, 0) is 76.6 Å². The molecule has 2 aliphatic carbocycles. The van der Waals surface area contributed by atoms with Gasteiger partial charge >= 0.3 is 12.3 Å². The van der Waals surface area contributed by atoms with Gasteiger partial charge in [0, 0.05) is 29.9 Å². The Labute approximate surface area is 235 Å². The van der Waals surface area contributed by atoms with E-state index in [4.69, 9.17) is 16.3 Å². The van der Waals surface area contributed by atoms with Crippen LogP contribution in [0.1, 0.15) is 69.7 Å². The Balaban J connectivity index is 1.62. The summed E-state index contributed by atoms with van der Waals surface area (Å²) in [7, 11) is 0. The lowest BCUT2D eigenvalue weighted by Crippen LogP contribution is -2.39. The van der Waals surface area contributed by atoms with Crippen LogP contribution >= 0.6 is 11.6 Å². The van der Waals surface area contributed by atoms with Crippen molar-refractivity contribution in [3.8, 4) is 17.5 Å². The van der Waals surface area contributed by atoms with Gasteiger partial charge in [-0.2, -0.15) is 18.4 Å². The molecule has 0 radical (unpaired) electrons. The predicted octanol–water partition coefficient (Wildman–Crippen LogP) is 6.20. The zero-order valence-electron chi connectivity index (χ0n) is 22.3. The second kappa shape index (κ2) is 11.1. The van der Waals surface area contributed by atoms with Crippen LogP contribution in [0.4, 0.5) is 18.0 Å². The van der Waals surface area contributed by atoms with Crippen LogP contribution < -0.4 is 10.6 Å². The highest BCUT2D eigenvalue weighted by Crippen LogP contribution is 2.45. The zero-order valence-corrected chi connectivity index (χ0v) is 23.0. The quantitative estimate of drug-likeness (QED) is 0.424. The van der Waals surface area contributed by atoms with E-state index in [0.29, 0.717) is 43.4 Å². The third-order valence-corrected chi connectivity index (χ3v) is 7.00. The average molecular weight is 576 g/mol. The van der Waals surface area contributed by atoms with Gasteiger partial charge in [0.1, 0.15) is 11.0 Å². The molecule has 212 valence electrons. The molecule has 0 bridgehead atoms. The summed E-state index contributed by atoms with van der Waals surface area (Å²) in [6.07, 6.45) is 0.761. The summed E-state index contributed by atoms with van der Waals surface area (Å²) in [5.41, 5.74) is -0.658. The van der Waals surface area contributed by atoms with Gasteiger partial charge in [0.2, 0.25) is 5.91 Å². The lowest BCUT2D eigenvalue weighted by molar-refractivity contribution is -0.137. The van der Waals surface area contributed by atoms with Crippen molar-refractivity contribution in [2.24, 2.45) is 5.41 Å². The summed E-state index contributed by atoms with van der Waals surface area (Å²) >= 11 is 5.78. The van der Waals surface area contributed by atoms with Crippen LogP contribution in [0, 0.1) is 16.7 Å². The molecule has 0 spiro atoms. The minimum absolute atomic E-state index is 0.0449. The number of halogens is 4. The molecule has 2 amide bonds. The number of alkyl halides is 3. The van der Waals surface area contributed by atoms with Gasteiger partial charge < -0.3 is 15.4 Å². The number of nitrogens with zero attached hydrogens (tertiary/aromatic N) is 3. The largest absolute Gasteiger partial charge is 0.444 e. The van der Waals surface area contributed by atoms with Crippen molar-refractivity contribution in [3.63, 3.8) is 0 Å². The smallest absolute Gasteiger partial charge is 0.417 e. The molecule has 0 aliphatic heterocycles. The number of hydrogen-bond donors (Lipinski definition) is 2. The maximum atomic E-state index is 13.5. The van der Waals surface area contributed by atoms with E-state index in [1.165, 1.54) is 12.3 Å².